The molecule has 2 N–H and O–H groups in total. The van der Waals surface area contributed by atoms with Crippen molar-refractivity contribution in [1.29, 1.82) is 0 Å². The van der Waals surface area contributed by atoms with E-state index in [-0.39, 0.29) is 24.8 Å². The van der Waals surface area contributed by atoms with Gasteiger partial charge in [-0.05, 0) is 71.0 Å². The van der Waals surface area contributed by atoms with Gasteiger partial charge in [-0.25, -0.2) is 4.79 Å². The second kappa shape index (κ2) is 11.3. The average Bonchev–Trinajstić information content (AvgIpc) is 3.12. The zero-order valence-corrected chi connectivity index (χ0v) is 21.9. The number of imide groups is 1. The molecule has 36 heavy (non-hydrogen) atoms. The van der Waals surface area contributed by atoms with E-state index >= 15 is 0 Å². The highest BCUT2D eigenvalue weighted by Gasteiger charge is 2.33. The number of rotatable bonds is 8. The predicted octanol–water partition coefficient (Wildman–Crippen LogP) is 4.72. The van der Waals surface area contributed by atoms with Crippen molar-refractivity contribution in [2.24, 2.45) is 0 Å². The summed E-state index contributed by atoms with van der Waals surface area (Å²) in [6.07, 6.45) is 1.59. The molecule has 0 aromatic heterocycles. The average molecular weight is 597 g/mol. The summed E-state index contributed by atoms with van der Waals surface area (Å²) in [4.78, 5) is 38.7. The fourth-order valence-electron chi connectivity index (χ4n) is 3.58. The Balaban J connectivity index is 1.46. The molecule has 0 saturated carbocycles. The normalized spacial score (nSPS) is 14.1. The van der Waals surface area contributed by atoms with Crippen molar-refractivity contribution >= 4 is 52.2 Å². The Morgan fingerprint density at radius 3 is 2.50 bits per heavy atom. The van der Waals surface area contributed by atoms with Gasteiger partial charge in [0.2, 0.25) is 0 Å². The topological polar surface area (TPSA) is 97.0 Å². The van der Waals surface area contributed by atoms with E-state index < -0.39 is 11.9 Å². The molecule has 0 radical (unpaired) electrons. The van der Waals surface area contributed by atoms with Crippen molar-refractivity contribution in [3.8, 4) is 11.5 Å². The molecule has 3 aromatic carbocycles. The summed E-state index contributed by atoms with van der Waals surface area (Å²) in [5.74, 6) is 0.0909. The molecule has 184 valence electrons. The minimum Gasteiger partial charge on any atom is -0.493 e. The number of methoxy groups -OCH3 is 1. The summed E-state index contributed by atoms with van der Waals surface area (Å²) >= 11 is 2.08. The molecule has 0 bridgehead atoms. The first kappa shape index (κ1) is 25.2. The number of benzene rings is 3. The van der Waals surface area contributed by atoms with Crippen LogP contribution in [0, 0.1) is 10.5 Å². The maximum absolute atomic E-state index is 12.8. The van der Waals surface area contributed by atoms with E-state index in [1.54, 1.807) is 18.2 Å². The summed E-state index contributed by atoms with van der Waals surface area (Å²) in [6.45, 7) is 1.95. The molecule has 1 saturated heterocycles. The molecule has 0 atom stereocenters. The van der Waals surface area contributed by atoms with Crippen molar-refractivity contribution in [2.45, 2.75) is 13.5 Å². The Hall–Kier alpha value is -3.86. The first-order valence-corrected chi connectivity index (χ1v) is 12.2. The van der Waals surface area contributed by atoms with Crippen LogP contribution in [0.5, 0.6) is 11.5 Å². The van der Waals surface area contributed by atoms with Gasteiger partial charge in [-0.2, -0.15) is 0 Å². The van der Waals surface area contributed by atoms with E-state index in [9.17, 15) is 14.4 Å². The lowest BCUT2D eigenvalue weighted by atomic mass is 10.1. The van der Waals surface area contributed by atoms with Gasteiger partial charge in [0, 0.05) is 5.69 Å². The Kier molecular flexibility index (Phi) is 7.89. The third kappa shape index (κ3) is 6.03. The number of amides is 4. The highest BCUT2D eigenvalue weighted by atomic mass is 127. The Morgan fingerprint density at radius 1 is 1.08 bits per heavy atom. The quantitative estimate of drug-likeness (QED) is 0.223. The lowest BCUT2D eigenvalue weighted by Crippen LogP contribution is -2.30. The van der Waals surface area contributed by atoms with Gasteiger partial charge in [0.05, 0.1) is 17.2 Å². The molecular formula is C27H24IN3O5. The number of ether oxygens (including phenoxy) is 2. The molecular weight excluding hydrogens is 573 g/mol. The molecule has 4 rings (SSSR count). The van der Waals surface area contributed by atoms with Crippen molar-refractivity contribution in [3.63, 3.8) is 0 Å². The second-order valence-corrected chi connectivity index (χ2v) is 9.26. The smallest absolute Gasteiger partial charge is 0.329 e. The molecule has 1 fully saturated rings. The standard InChI is InChI=1S/C27H24IN3O5/c1-17-8-10-20(11-9-17)29-24(32)16-36-25-21(28)12-19(14-23(25)35-2)13-22-26(33)31(27(34)30-22)15-18-6-4-3-5-7-18/h3-14H,15-16H2,1-2H3,(H,29,32)(H,30,34)/b22-13+. The van der Waals surface area contributed by atoms with Crippen LogP contribution < -0.4 is 20.1 Å². The summed E-state index contributed by atoms with van der Waals surface area (Å²) in [5, 5.41) is 5.42. The van der Waals surface area contributed by atoms with Crippen LogP contribution >= 0.6 is 22.6 Å². The number of halogens is 1. The SMILES string of the molecule is COc1cc(/C=C2/NC(=O)N(Cc3ccccc3)C2=O)cc(I)c1OCC(=O)Nc1ccc(C)cc1. The number of hydrogen-bond donors (Lipinski definition) is 2. The van der Waals surface area contributed by atoms with E-state index in [0.29, 0.717) is 26.3 Å². The highest BCUT2D eigenvalue weighted by molar-refractivity contribution is 14.1. The van der Waals surface area contributed by atoms with Gasteiger partial charge in [-0.1, -0.05) is 48.0 Å². The number of nitrogens with zero attached hydrogens (tertiary/aromatic N) is 1. The number of aryl methyl sites for hydroxylation is 1. The maximum atomic E-state index is 12.8. The minimum atomic E-state index is -0.476. The maximum Gasteiger partial charge on any atom is 0.329 e. The van der Waals surface area contributed by atoms with Crippen molar-refractivity contribution < 1.29 is 23.9 Å². The third-order valence-corrected chi connectivity index (χ3v) is 6.19. The molecule has 0 spiro atoms. The Morgan fingerprint density at radius 2 is 1.81 bits per heavy atom. The minimum absolute atomic E-state index is 0.167. The number of carbonyl (C=O) groups is 3. The van der Waals surface area contributed by atoms with Crippen LogP contribution in [0.3, 0.4) is 0 Å². The van der Waals surface area contributed by atoms with Crippen LogP contribution in [0.4, 0.5) is 10.5 Å². The van der Waals surface area contributed by atoms with Gasteiger partial charge >= 0.3 is 6.03 Å². The zero-order chi connectivity index (χ0) is 25.7. The van der Waals surface area contributed by atoms with Crippen LogP contribution in [0.1, 0.15) is 16.7 Å². The largest absolute Gasteiger partial charge is 0.493 e. The van der Waals surface area contributed by atoms with Crippen LogP contribution in [-0.4, -0.2) is 36.5 Å². The van der Waals surface area contributed by atoms with Crippen LogP contribution in [0.25, 0.3) is 6.08 Å². The van der Waals surface area contributed by atoms with E-state index in [2.05, 4.69) is 33.2 Å². The van der Waals surface area contributed by atoms with Gasteiger partial charge < -0.3 is 20.1 Å². The lowest BCUT2D eigenvalue weighted by molar-refractivity contribution is -0.123. The number of anilines is 1. The summed E-state index contributed by atoms with van der Waals surface area (Å²) < 4.78 is 11.9. The van der Waals surface area contributed by atoms with Gasteiger partial charge in [-0.15, -0.1) is 0 Å². The van der Waals surface area contributed by atoms with Gasteiger partial charge in [0.15, 0.2) is 18.1 Å². The van der Waals surface area contributed by atoms with Crippen LogP contribution in [-0.2, 0) is 16.1 Å². The molecule has 1 aliphatic heterocycles. The van der Waals surface area contributed by atoms with E-state index in [1.807, 2.05) is 61.5 Å². The number of nitrogens with one attached hydrogen (secondary N) is 2. The number of hydrogen-bond acceptors (Lipinski definition) is 5. The third-order valence-electron chi connectivity index (χ3n) is 5.39. The highest BCUT2D eigenvalue weighted by Crippen LogP contribution is 2.35. The second-order valence-electron chi connectivity index (χ2n) is 8.10. The summed E-state index contributed by atoms with van der Waals surface area (Å²) in [7, 11) is 1.49. The number of carbonyl (C=O) groups excluding carboxylic acids is 3. The van der Waals surface area contributed by atoms with E-state index in [4.69, 9.17) is 9.47 Å². The molecule has 0 aliphatic carbocycles. The predicted molar refractivity (Wildman–Crippen MR) is 145 cm³/mol. The van der Waals surface area contributed by atoms with Crippen molar-refractivity contribution in [1.82, 2.24) is 10.2 Å². The molecule has 3 aromatic rings. The fraction of sp³-hybridized carbons (Fsp3) is 0.148. The molecule has 1 heterocycles. The van der Waals surface area contributed by atoms with Crippen LogP contribution in [0.15, 0.2) is 72.4 Å². The zero-order valence-electron chi connectivity index (χ0n) is 19.7. The fourth-order valence-corrected chi connectivity index (χ4v) is 4.36. The van der Waals surface area contributed by atoms with Crippen molar-refractivity contribution in [3.05, 3.63) is 92.7 Å². The first-order chi connectivity index (χ1) is 17.3. The Labute approximate surface area is 222 Å². The van der Waals surface area contributed by atoms with E-state index in [0.717, 1.165) is 16.0 Å². The monoisotopic (exact) mass is 597 g/mol. The van der Waals surface area contributed by atoms with Gasteiger partial charge in [0.25, 0.3) is 11.8 Å². The molecule has 8 nitrogen and oxygen atoms in total. The van der Waals surface area contributed by atoms with Gasteiger partial charge in [0.1, 0.15) is 5.70 Å². The molecule has 1 aliphatic rings. The Bertz CT molecular complexity index is 1320. The van der Waals surface area contributed by atoms with Crippen molar-refractivity contribution in [2.75, 3.05) is 19.0 Å². The van der Waals surface area contributed by atoms with Gasteiger partial charge in [-0.3, -0.25) is 14.5 Å². The molecule has 9 heteroatoms. The molecule has 0 unspecified atom stereocenters. The summed E-state index contributed by atoms with van der Waals surface area (Å²) in [6, 6.07) is 19.8. The van der Waals surface area contributed by atoms with Crippen LogP contribution in [0.2, 0.25) is 0 Å². The lowest BCUT2D eigenvalue weighted by Gasteiger charge is -2.14. The summed E-state index contributed by atoms with van der Waals surface area (Å²) in [5.41, 5.74) is 3.44. The first-order valence-electron chi connectivity index (χ1n) is 11.1. The van der Waals surface area contributed by atoms with E-state index in [1.165, 1.54) is 7.11 Å². The number of urea groups is 1. The molecule has 4 amide bonds.